The van der Waals surface area contributed by atoms with Crippen LogP contribution in [0.5, 0.6) is 5.75 Å². The lowest BCUT2D eigenvalue weighted by Gasteiger charge is -2.34. The fourth-order valence-electron chi connectivity index (χ4n) is 7.77. The quantitative estimate of drug-likeness (QED) is 0.159. The second kappa shape index (κ2) is 12.5. The summed E-state index contributed by atoms with van der Waals surface area (Å²) in [6.45, 7) is 10.9. The van der Waals surface area contributed by atoms with E-state index in [2.05, 4.69) is 11.5 Å². The number of carboxylic acid groups (broad SMARTS) is 1. The molecular weight excluding hydrogens is 673 g/mol. The number of fused-ring (bicyclic) bond motifs is 4. The van der Waals surface area contributed by atoms with Crippen molar-refractivity contribution in [2.45, 2.75) is 53.5 Å². The number of ether oxygens (including phenoxy) is 1. The number of rotatable bonds is 8. The van der Waals surface area contributed by atoms with Gasteiger partial charge in [-0.25, -0.2) is 4.79 Å². The van der Waals surface area contributed by atoms with Crippen molar-refractivity contribution >= 4 is 62.6 Å². The Morgan fingerprint density at radius 1 is 1.00 bits per heavy atom. The Labute approximate surface area is 300 Å². The molecule has 1 aliphatic rings. The van der Waals surface area contributed by atoms with Crippen molar-refractivity contribution in [3.63, 3.8) is 0 Å². The Kier molecular flexibility index (Phi) is 8.47. The minimum atomic E-state index is -1.01. The number of nitrogens with zero attached hydrogens (tertiary/aromatic N) is 5. The van der Waals surface area contributed by atoms with Crippen LogP contribution in [0.2, 0.25) is 10.0 Å². The normalized spacial score (nSPS) is 14.6. The topological polar surface area (TPSA) is 94.5 Å². The summed E-state index contributed by atoms with van der Waals surface area (Å²) in [7, 11) is 3.74. The second-order valence-electron chi connectivity index (χ2n) is 13.4. The number of para-hydroxylation sites is 1. The molecule has 0 spiro atoms. The van der Waals surface area contributed by atoms with Crippen molar-refractivity contribution in [3.05, 3.63) is 98.0 Å². The average molecular weight is 713 g/mol. The smallest absolute Gasteiger partial charge is 0.337 e. The fraction of sp³-hybridized carbons (Fsp3) is 0.308. The highest BCUT2D eigenvalue weighted by atomic mass is 35.5. The molecule has 9 nitrogen and oxygen atoms in total. The molecule has 1 amide bonds. The molecule has 0 fully saturated rings. The zero-order chi connectivity index (χ0) is 35.8. The molecule has 1 unspecified atom stereocenters. The van der Waals surface area contributed by atoms with E-state index in [1.807, 2.05) is 83.0 Å². The molecular formula is C39H39Cl2N5O4. The van der Waals surface area contributed by atoms with Crippen LogP contribution in [-0.4, -0.2) is 49.0 Å². The monoisotopic (exact) mass is 711 g/mol. The number of aromatic carboxylic acids is 1. The number of aryl methyl sites for hydroxylation is 6. The van der Waals surface area contributed by atoms with Gasteiger partial charge in [0.15, 0.2) is 0 Å². The van der Waals surface area contributed by atoms with Gasteiger partial charge in [-0.15, -0.1) is 0 Å². The summed E-state index contributed by atoms with van der Waals surface area (Å²) in [5.41, 5.74) is 9.49. The predicted molar refractivity (Wildman–Crippen MR) is 200 cm³/mol. The van der Waals surface area contributed by atoms with Crippen LogP contribution in [0.3, 0.4) is 0 Å². The van der Waals surface area contributed by atoms with Crippen LogP contribution in [-0.2, 0) is 20.5 Å². The predicted octanol–water partition coefficient (Wildman–Crippen LogP) is 9.01. The number of hydrogen-bond acceptors (Lipinski definition) is 4. The zero-order valence-corrected chi connectivity index (χ0v) is 30.7. The molecule has 0 saturated carbocycles. The number of carboxylic acids is 1. The van der Waals surface area contributed by atoms with E-state index in [0.29, 0.717) is 53.3 Å². The van der Waals surface area contributed by atoms with Gasteiger partial charge in [0.2, 0.25) is 0 Å². The second-order valence-corrected chi connectivity index (χ2v) is 14.2. The van der Waals surface area contributed by atoms with E-state index in [0.717, 1.165) is 60.9 Å². The molecule has 3 aromatic carbocycles. The number of halogens is 2. The van der Waals surface area contributed by atoms with Crippen molar-refractivity contribution in [1.29, 1.82) is 0 Å². The van der Waals surface area contributed by atoms with Gasteiger partial charge in [0.05, 0.1) is 39.6 Å². The van der Waals surface area contributed by atoms with Crippen LogP contribution >= 0.6 is 23.2 Å². The van der Waals surface area contributed by atoms with E-state index >= 15 is 0 Å². The SMILES string of the molecule is Cc1cc(OCCCc2c3n(c4c(-c5c(C)nn(C)c5C)c(Cl)ccc24)C(C)CN(c2cn(C)c4c(C(=O)O)cccc24)C3=O)cc(C)c1Cl. The van der Waals surface area contributed by atoms with Gasteiger partial charge in [-0.3, -0.25) is 9.48 Å². The van der Waals surface area contributed by atoms with Gasteiger partial charge in [0.25, 0.3) is 5.91 Å². The average Bonchev–Trinajstić information content (AvgIpc) is 3.68. The van der Waals surface area contributed by atoms with Crippen LogP contribution < -0.4 is 9.64 Å². The Balaban J connectivity index is 1.38. The molecule has 1 aliphatic heterocycles. The lowest BCUT2D eigenvalue weighted by molar-refractivity contribution is 0.0698. The third-order valence-electron chi connectivity index (χ3n) is 10.1. The molecule has 1 atom stereocenters. The first-order valence-corrected chi connectivity index (χ1v) is 17.4. The minimum absolute atomic E-state index is 0.136. The van der Waals surface area contributed by atoms with Crippen molar-refractivity contribution in [2.75, 3.05) is 18.1 Å². The summed E-state index contributed by atoms with van der Waals surface area (Å²) in [6.07, 6.45) is 3.10. The highest BCUT2D eigenvalue weighted by molar-refractivity contribution is 6.35. The van der Waals surface area contributed by atoms with Gasteiger partial charge in [0, 0.05) is 65.5 Å². The third-order valence-corrected chi connectivity index (χ3v) is 11.0. The lowest BCUT2D eigenvalue weighted by Crippen LogP contribution is -2.42. The zero-order valence-electron chi connectivity index (χ0n) is 29.2. The van der Waals surface area contributed by atoms with E-state index in [1.165, 1.54) is 0 Å². The van der Waals surface area contributed by atoms with Crippen LogP contribution in [0.1, 0.15) is 68.3 Å². The molecule has 7 rings (SSSR count). The Bertz CT molecular complexity index is 2360. The number of benzene rings is 3. The van der Waals surface area contributed by atoms with E-state index < -0.39 is 5.97 Å². The molecule has 6 aromatic rings. The molecule has 0 radical (unpaired) electrons. The number of carbonyl (C=O) groups excluding carboxylic acids is 1. The largest absolute Gasteiger partial charge is 0.494 e. The lowest BCUT2D eigenvalue weighted by atomic mass is 9.98. The number of anilines is 1. The maximum atomic E-state index is 14.9. The highest BCUT2D eigenvalue weighted by Gasteiger charge is 2.38. The summed E-state index contributed by atoms with van der Waals surface area (Å²) in [4.78, 5) is 28.9. The Morgan fingerprint density at radius 2 is 1.72 bits per heavy atom. The molecule has 4 heterocycles. The van der Waals surface area contributed by atoms with Crippen molar-refractivity contribution in [2.24, 2.45) is 14.1 Å². The minimum Gasteiger partial charge on any atom is -0.494 e. The molecule has 0 saturated heterocycles. The van der Waals surface area contributed by atoms with E-state index in [4.69, 9.17) is 33.0 Å². The standard InChI is InChI=1S/C39H39Cl2N5O4/c1-20-16-25(17-21(2)34(20)41)50-15-9-12-26-27-13-14-30(40)33(32-23(4)42-44(7)24(32)5)36(27)46-22(3)18-45(38(47)37(26)46)31-19-43(6)35-28(31)10-8-11-29(35)39(48)49/h8,10-11,13-14,16-17,19,22H,9,12,15,18H2,1-7H3,(H,48,49). The first-order valence-electron chi connectivity index (χ1n) is 16.7. The van der Waals surface area contributed by atoms with Crippen molar-refractivity contribution < 1.29 is 19.4 Å². The van der Waals surface area contributed by atoms with Gasteiger partial charge in [-0.05, 0) is 88.4 Å². The molecule has 50 heavy (non-hydrogen) atoms. The van der Waals surface area contributed by atoms with E-state index in [9.17, 15) is 14.7 Å². The van der Waals surface area contributed by atoms with Gasteiger partial charge >= 0.3 is 5.97 Å². The first-order chi connectivity index (χ1) is 23.8. The molecule has 0 bridgehead atoms. The van der Waals surface area contributed by atoms with Gasteiger partial charge in [0.1, 0.15) is 11.4 Å². The summed E-state index contributed by atoms with van der Waals surface area (Å²) in [6, 6.07) is 12.9. The van der Waals surface area contributed by atoms with E-state index in [-0.39, 0.29) is 17.5 Å². The highest BCUT2D eigenvalue weighted by Crippen LogP contribution is 2.46. The summed E-state index contributed by atoms with van der Waals surface area (Å²) in [5, 5.41) is 17.6. The Morgan fingerprint density at radius 3 is 2.38 bits per heavy atom. The van der Waals surface area contributed by atoms with Gasteiger partial charge in [-0.2, -0.15) is 5.10 Å². The summed E-state index contributed by atoms with van der Waals surface area (Å²) >= 11 is 13.5. The van der Waals surface area contributed by atoms with Crippen LogP contribution in [0, 0.1) is 27.7 Å². The van der Waals surface area contributed by atoms with E-state index in [1.54, 1.807) is 21.6 Å². The number of amides is 1. The van der Waals surface area contributed by atoms with Crippen LogP contribution in [0.4, 0.5) is 5.69 Å². The number of carbonyl (C=O) groups is 2. The maximum Gasteiger partial charge on any atom is 0.337 e. The Hall–Kier alpha value is -4.73. The van der Waals surface area contributed by atoms with Crippen LogP contribution in [0.25, 0.3) is 32.9 Å². The molecule has 258 valence electrons. The maximum absolute atomic E-state index is 14.9. The fourth-order valence-corrected chi connectivity index (χ4v) is 8.13. The van der Waals surface area contributed by atoms with Crippen molar-refractivity contribution in [1.82, 2.24) is 18.9 Å². The van der Waals surface area contributed by atoms with Crippen molar-refractivity contribution in [3.8, 4) is 16.9 Å². The third kappa shape index (κ3) is 5.26. The summed E-state index contributed by atoms with van der Waals surface area (Å²) < 4.78 is 12.0. The van der Waals surface area contributed by atoms with Gasteiger partial charge < -0.3 is 23.9 Å². The molecule has 3 aromatic heterocycles. The number of aromatic nitrogens is 4. The van der Waals surface area contributed by atoms with Crippen LogP contribution in [0.15, 0.2) is 48.7 Å². The first kappa shape index (κ1) is 33.8. The summed E-state index contributed by atoms with van der Waals surface area (Å²) in [5.74, 6) is -0.396. The molecule has 1 N–H and O–H groups in total. The molecule has 0 aliphatic carbocycles. The molecule has 11 heteroatoms. The number of hydrogen-bond donors (Lipinski definition) is 1. The van der Waals surface area contributed by atoms with Gasteiger partial charge in [-0.1, -0.05) is 41.4 Å².